The number of carbonyl (C=O) groups excluding carboxylic acids is 2. The van der Waals surface area contributed by atoms with E-state index in [9.17, 15) is 18.0 Å². The van der Waals surface area contributed by atoms with Crippen molar-refractivity contribution in [3.63, 3.8) is 0 Å². The monoisotopic (exact) mass is 225 g/mol. The molecular formula is C9H7NO4S. The maximum atomic E-state index is 11.4. The van der Waals surface area contributed by atoms with E-state index in [1.165, 1.54) is 12.1 Å². The van der Waals surface area contributed by atoms with Gasteiger partial charge in [0.1, 0.15) is 0 Å². The standard InChI is InChI=1S/C9H7NO4S/c1-7-2-4-8(5-3-7)15(13,14)9(12)10-6-11/h2-5H,1H3. The maximum absolute atomic E-state index is 11.4. The first-order valence-corrected chi connectivity index (χ1v) is 5.40. The molecule has 0 spiro atoms. The third kappa shape index (κ3) is 2.37. The van der Waals surface area contributed by atoms with Crippen molar-refractivity contribution in [2.45, 2.75) is 11.8 Å². The summed E-state index contributed by atoms with van der Waals surface area (Å²) in [7, 11) is -4.19. The number of benzene rings is 1. The highest BCUT2D eigenvalue weighted by molar-refractivity contribution is 8.06. The number of carbonyl (C=O) groups is 1. The van der Waals surface area contributed by atoms with Crippen molar-refractivity contribution in [3.8, 4) is 0 Å². The molecule has 6 heteroatoms. The van der Waals surface area contributed by atoms with Crippen LogP contribution in [0.25, 0.3) is 0 Å². The highest BCUT2D eigenvalue weighted by atomic mass is 32.2. The maximum Gasteiger partial charge on any atom is 0.377 e. The number of rotatable bonds is 1. The Kier molecular flexibility index (Phi) is 3.14. The number of aliphatic imine (C=N–C) groups is 1. The molecule has 0 bridgehead atoms. The first-order chi connectivity index (χ1) is 6.98. The topological polar surface area (TPSA) is 80.6 Å². The Hall–Kier alpha value is -1.78. The third-order valence-corrected chi connectivity index (χ3v) is 3.14. The molecule has 0 unspecified atom stereocenters. The minimum Gasteiger partial charge on any atom is -0.252 e. The molecule has 1 aromatic carbocycles. The Balaban J connectivity index is 3.23. The molecule has 1 rings (SSSR count). The lowest BCUT2D eigenvalue weighted by molar-refractivity contribution is 0.265. The predicted molar refractivity (Wildman–Crippen MR) is 51.9 cm³/mol. The van der Waals surface area contributed by atoms with E-state index in [1.54, 1.807) is 19.1 Å². The van der Waals surface area contributed by atoms with Crippen molar-refractivity contribution >= 4 is 21.2 Å². The lowest BCUT2D eigenvalue weighted by atomic mass is 10.2. The molecule has 0 atom stereocenters. The van der Waals surface area contributed by atoms with Gasteiger partial charge < -0.3 is 0 Å². The zero-order valence-corrected chi connectivity index (χ0v) is 8.61. The second kappa shape index (κ2) is 4.16. The van der Waals surface area contributed by atoms with Gasteiger partial charge in [0.15, 0.2) is 0 Å². The summed E-state index contributed by atoms with van der Waals surface area (Å²) in [6.45, 7) is 1.78. The van der Waals surface area contributed by atoms with Crippen molar-refractivity contribution < 1.29 is 18.0 Å². The van der Waals surface area contributed by atoms with Gasteiger partial charge in [-0.05, 0) is 19.1 Å². The molecule has 0 radical (unpaired) electrons. The second-order valence-corrected chi connectivity index (χ2v) is 4.61. The average Bonchev–Trinajstić information content (AvgIpc) is 2.18. The molecule has 78 valence electrons. The van der Waals surface area contributed by atoms with Crippen LogP contribution in [0.3, 0.4) is 0 Å². The van der Waals surface area contributed by atoms with Crippen molar-refractivity contribution in [1.29, 1.82) is 0 Å². The first-order valence-electron chi connectivity index (χ1n) is 3.92. The van der Waals surface area contributed by atoms with E-state index in [0.717, 1.165) is 11.6 Å². The zero-order chi connectivity index (χ0) is 11.5. The first kappa shape index (κ1) is 11.3. The van der Waals surface area contributed by atoms with Gasteiger partial charge in [0.2, 0.25) is 6.08 Å². The van der Waals surface area contributed by atoms with Crippen LogP contribution in [0.2, 0.25) is 0 Å². The molecule has 0 fully saturated rings. The van der Waals surface area contributed by atoms with Gasteiger partial charge in [0.05, 0.1) is 4.90 Å². The van der Waals surface area contributed by atoms with Crippen LogP contribution in [0.5, 0.6) is 0 Å². The summed E-state index contributed by atoms with van der Waals surface area (Å²) >= 11 is 0. The predicted octanol–water partition coefficient (Wildman–Crippen LogP) is 1.22. The number of isocyanates is 1. The number of hydrogen-bond acceptors (Lipinski definition) is 4. The van der Waals surface area contributed by atoms with Crippen LogP contribution in [0.1, 0.15) is 5.56 Å². The molecule has 0 saturated carbocycles. The van der Waals surface area contributed by atoms with Crippen LogP contribution >= 0.6 is 0 Å². The molecule has 0 heterocycles. The number of amides is 1. The SMILES string of the molecule is Cc1ccc(S(=O)(=O)C(=O)N=C=O)cc1. The summed E-state index contributed by atoms with van der Waals surface area (Å²) in [6.07, 6.45) is 0.901. The minimum absolute atomic E-state index is 0.183. The number of sulfone groups is 1. The molecule has 5 nitrogen and oxygen atoms in total. The Bertz CT molecular complexity index is 524. The van der Waals surface area contributed by atoms with Gasteiger partial charge in [-0.25, -0.2) is 13.2 Å². The molecule has 0 aliphatic carbocycles. The molecule has 0 aromatic heterocycles. The Labute approximate surface area is 86.4 Å². The fourth-order valence-electron chi connectivity index (χ4n) is 0.916. The molecular weight excluding hydrogens is 218 g/mol. The molecule has 0 aliphatic heterocycles. The summed E-state index contributed by atoms with van der Waals surface area (Å²) in [5, 5.41) is -1.50. The average molecular weight is 225 g/mol. The van der Waals surface area contributed by atoms with Crippen LogP contribution in [0.15, 0.2) is 34.2 Å². The molecule has 0 aliphatic rings. The highest BCUT2D eigenvalue weighted by Gasteiger charge is 2.24. The van der Waals surface area contributed by atoms with Crippen molar-refractivity contribution in [1.82, 2.24) is 0 Å². The van der Waals surface area contributed by atoms with Gasteiger partial charge in [-0.15, -0.1) is 4.99 Å². The Morgan fingerprint density at radius 2 is 1.80 bits per heavy atom. The van der Waals surface area contributed by atoms with Crippen molar-refractivity contribution in [3.05, 3.63) is 29.8 Å². The van der Waals surface area contributed by atoms with Gasteiger partial charge >= 0.3 is 5.24 Å². The lowest BCUT2D eigenvalue weighted by Crippen LogP contribution is -2.10. The van der Waals surface area contributed by atoms with Gasteiger partial charge in [-0.3, -0.25) is 4.79 Å². The summed E-state index contributed by atoms with van der Waals surface area (Å²) in [5.74, 6) is 0. The Morgan fingerprint density at radius 1 is 1.27 bits per heavy atom. The number of hydrogen-bond donors (Lipinski definition) is 0. The molecule has 15 heavy (non-hydrogen) atoms. The molecule has 1 amide bonds. The summed E-state index contributed by atoms with van der Waals surface area (Å²) in [4.78, 5) is 23.1. The Morgan fingerprint density at radius 3 is 2.27 bits per heavy atom. The largest absolute Gasteiger partial charge is 0.377 e. The van der Waals surface area contributed by atoms with Crippen LogP contribution in [-0.4, -0.2) is 19.7 Å². The van der Waals surface area contributed by atoms with E-state index in [2.05, 4.69) is 4.99 Å². The number of aryl methyl sites for hydroxylation is 1. The fraction of sp³-hybridized carbons (Fsp3) is 0.111. The summed E-state index contributed by atoms with van der Waals surface area (Å²) < 4.78 is 22.8. The molecule has 0 saturated heterocycles. The summed E-state index contributed by atoms with van der Waals surface area (Å²) in [6, 6.07) is 5.65. The van der Waals surface area contributed by atoms with E-state index in [4.69, 9.17) is 0 Å². The van der Waals surface area contributed by atoms with E-state index in [-0.39, 0.29) is 4.90 Å². The van der Waals surface area contributed by atoms with Gasteiger partial charge in [0.25, 0.3) is 9.84 Å². The summed E-state index contributed by atoms with van der Waals surface area (Å²) in [5.41, 5.74) is 0.861. The van der Waals surface area contributed by atoms with Gasteiger partial charge in [0, 0.05) is 0 Å². The van der Waals surface area contributed by atoms with Crippen LogP contribution in [-0.2, 0) is 14.6 Å². The third-order valence-electron chi connectivity index (χ3n) is 1.70. The highest BCUT2D eigenvalue weighted by Crippen LogP contribution is 2.13. The molecule has 0 N–H and O–H groups in total. The zero-order valence-electron chi connectivity index (χ0n) is 7.80. The van der Waals surface area contributed by atoms with Crippen molar-refractivity contribution in [2.75, 3.05) is 0 Å². The fourth-order valence-corrected chi connectivity index (χ4v) is 1.77. The van der Waals surface area contributed by atoms with E-state index in [1.807, 2.05) is 0 Å². The number of nitrogens with zero attached hydrogens (tertiary/aromatic N) is 1. The quantitative estimate of drug-likeness (QED) is 0.531. The van der Waals surface area contributed by atoms with Crippen LogP contribution < -0.4 is 0 Å². The van der Waals surface area contributed by atoms with Crippen molar-refractivity contribution in [2.24, 2.45) is 4.99 Å². The van der Waals surface area contributed by atoms with Gasteiger partial charge in [-0.1, -0.05) is 17.7 Å². The van der Waals surface area contributed by atoms with Crippen LogP contribution in [0, 0.1) is 6.92 Å². The molecule has 1 aromatic rings. The second-order valence-electron chi connectivity index (χ2n) is 2.79. The van der Waals surface area contributed by atoms with Gasteiger partial charge in [-0.2, -0.15) is 0 Å². The van der Waals surface area contributed by atoms with E-state index in [0.29, 0.717) is 0 Å². The smallest absolute Gasteiger partial charge is 0.252 e. The normalized spacial score (nSPS) is 10.5. The van der Waals surface area contributed by atoms with Crippen LogP contribution in [0.4, 0.5) is 4.79 Å². The lowest BCUT2D eigenvalue weighted by Gasteiger charge is -1.98. The minimum atomic E-state index is -4.19. The van der Waals surface area contributed by atoms with E-state index < -0.39 is 15.1 Å². The van der Waals surface area contributed by atoms with E-state index >= 15 is 0 Å².